The molecule has 0 unspecified atom stereocenters. The number of aromatic nitrogens is 2. The number of nitro groups is 1. The molecule has 0 spiro atoms. The molecule has 0 fully saturated rings. The van der Waals surface area contributed by atoms with Gasteiger partial charge in [0, 0.05) is 5.39 Å². The maximum Gasteiger partial charge on any atom is 0.353 e. The number of pyridine rings is 2. The van der Waals surface area contributed by atoms with Crippen molar-refractivity contribution in [2.45, 2.75) is 19.8 Å². The van der Waals surface area contributed by atoms with Crippen LogP contribution < -0.4 is 10.3 Å². The fraction of sp³-hybridized carbons (Fsp3) is 0.160. The van der Waals surface area contributed by atoms with Crippen LogP contribution in [0.2, 0.25) is 5.02 Å². The van der Waals surface area contributed by atoms with Gasteiger partial charge in [-0.05, 0) is 41.8 Å². The van der Waals surface area contributed by atoms with E-state index in [4.69, 9.17) is 16.3 Å². The van der Waals surface area contributed by atoms with Crippen molar-refractivity contribution in [2.24, 2.45) is 0 Å². The minimum atomic E-state index is -1.18. The first-order valence-corrected chi connectivity index (χ1v) is 10.9. The Labute approximate surface area is 208 Å². The predicted octanol–water partition coefficient (Wildman–Crippen LogP) is 5.90. The highest BCUT2D eigenvalue weighted by atomic mass is 35.5. The first-order valence-electron chi connectivity index (χ1n) is 10.6. The average Bonchev–Trinajstić information content (AvgIpc) is 2.84. The van der Waals surface area contributed by atoms with Gasteiger partial charge in [0.25, 0.3) is 0 Å². The highest BCUT2D eigenvalue weighted by Gasteiger charge is 2.29. The lowest BCUT2D eigenvalue weighted by Gasteiger charge is -2.16. The first-order chi connectivity index (χ1) is 17.1. The van der Waals surface area contributed by atoms with Gasteiger partial charge >= 0.3 is 11.2 Å². The number of halogens is 3. The number of hydrogen-bond acceptors (Lipinski definition) is 6. The van der Waals surface area contributed by atoms with E-state index in [1.165, 1.54) is 25.3 Å². The van der Waals surface area contributed by atoms with E-state index in [0.29, 0.717) is 0 Å². The largest absolute Gasteiger partial charge is 0.496 e. The summed E-state index contributed by atoms with van der Waals surface area (Å²) in [6.45, 7) is 3.81. The van der Waals surface area contributed by atoms with Gasteiger partial charge in [-0.15, -0.1) is 0 Å². The first kappa shape index (κ1) is 24.8. The number of benzene rings is 2. The molecule has 2 aromatic carbocycles. The number of rotatable bonds is 5. The second kappa shape index (κ2) is 9.36. The molecule has 8 nitrogen and oxygen atoms in total. The third-order valence-corrected chi connectivity index (χ3v) is 6.06. The molecule has 2 aromatic heterocycles. The van der Waals surface area contributed by atoms with Crippen molar-refractivity contribution in [2.75, 3.05) is 7.11 Å². The number of hydrogen-bond donors (Lipinski definition) is 0. The van der Waals surface area contributed by atoms with Gasteiger partial charge in [0.1, 0.15) is 34.0 Å². The third-order valence-electron chi connectivity index (χ3n) is 5.68. The lowest BCUT2D eigenvalue weighted by Crippen LogP contribution is -2.24. The quantitative estimate of drug-likeness (QED) is 0.244. The van der Waals surface area contributed by atoms with Crippen molar-refractivity contribution in [3.05, 3.63) is 90.7 Å². The van der Waals surface area contributed by atoms with Crippen LogP contribution in [0.3, 0.4) is 0 Å². The Morgan fingerprint density at radius 2 is 1.92 bits per heavy atom. The minimum absolute atomic E-state index is 0.0253. The van der Waals surface area contributed by atoms with Gasteiger partial charge in [-0.1, -0.05) is 37.6 Å². The summed E-state index contributed by atoms with van der Waals surface area (Å²) < 4.78 is 36.0. The Balaban J connectivity index is 2.21. The molecule has 0 aliphatic rings. The molecule has 0 bridgehead atoms. The van der Waals surface area contributed by atoms with Gasteiger partial charge in [-0.2, -0.15) is 5.26 Å². The molecule has 36 heavy (non-hydrogen) atoms. The molecule has 0 aliphatic carbocycles. The van der Waals surface area contributed by atoms with E-state index in [-0.39, 0.29) is 39.5 Å². The lowest BCUT2D eigenvalue weighted by molar-refractivity contribution is -0.386. The maximum atomic E-state index is 15.3. The predicted molar refractivity (Wildman–Crippen MR) is 130 cm³/mol. The van der Waals surface area contributed by atoms with Gasteiger partial charge in [0.05, 0.1) is 28.8 Å². The van der Waals surface area contributed by atoms with Crippen molar-refractivity contribution in [1.29, 1.82) is 5.26 Å². The topological polar surface area (TPSA) is 111 Å². The fourth-order valence-corrected chi connectivity index (χ4v) is 4.18. The summed E-state index contributed by atoms with van der Waals surface area (Å²) in [5.41, 5.74) is -2.54. The van der Waals surface area contributed by atoms with Crippen LogP contribution in [0.4, 0.5) is 14.5 Å². The normalized spacial score (nSPS) is 11.1. The zero-order chi connectivity index (χ0) is 26.3. The molecule has 0 radical (unpaired) electrons. The molecule has 182 valence electrons. The van der Waals surface area contributed by atoms with E-state index in [1.807, 2.05) is 19.9 Å². The van der Waals surface area contributed by atoms with Crippen LogP contribution in [0.25, 0.3) is 28.0 Å². The van der Waals surface area contributed by atoms with Crippen LogP contribution >= 0.6 is 11.6 Å². The van der Waals surface area contributed by atoms with Crippen LogP contribution in [-0.2, 0) is 0 Å². The molecule has 0 amide bonds. The Hall–Kier alpha value is -4.36. The molecule has 4 rings (SSSR count). The molecule has 0 saturated heterocycles. The van der Waals surface area contributed by atoms with E-state index in [2.05, 4.69) is 4.98 Å². The van der Waals surface area contributed by atoms with Crippen LogP contribution in [0.15, 0.2) is 47.3 Å². The van der Waals surface area contributed by atoms with E-state index in [1.54, 1.807) is 12.1 Å². The summed E-state index contributed by atoms with van der Waals surface area (Å²) in [5, 5.41) is 20.6. The smallest absolute Gasteiger partial charge is 0.353 e. The van der Waals surface area contributed by atoms with Gasteiger partial charge in [-0.3, -0.25) is 19.5 Å². The van der Waals surface area contributed by atoms with Crippen molar-refractivity contribution in [3.8, 4) is 28.8 Å². The van der Waals surface area contributed by atoms with Gasteiger partial charge in [0.15, 0.2) is 5.82 Å². The second-order valence-electron chi connectivity index (χ2n) is 8.11. The molecular formula is C25H17ClF2N4O4. The number of ether oxygens (including phenoxy) is 1. The van der Waals surface area contributed by atoms with Crippen LogP contribution in [0.5, 0.6) is 5.75 Å². The third kappa shape index (κ3) is 3.93. The summed E-state index contributed by atoms with van der Waals surface area (Å²) >= 11 is 6.18. The van der Waals surface area contributed by atoms with E-state index in [0.717, 1.165) is 22.3 Å². The van der Waals surface area contributed by atoms with Crippen LogP contribution in [0.1, 0.15) is 30.9 Å². The van der Waals surface area contributed by atoms with Crippen molar-refractivity contribution >= 4 is 28.3 Å². The number of fused-ring (bicyclic) bond motifs is 1. The highest BCUT2D eigenvalue weighted by molar-refractivity contribution is 6.37. The number of nitriles is 1. The molecule has 0 aliphatic heterocycles. The summed E-state index contributed by atoms with van der Waals surface area (Å²) in [6.07, 6.45) is 0. The van der Waals surface area contributed by atoms with E-state index < -0.39 is 38.5 Å². The lowest BCUT2D eigenvalue weighted by atomic mass is 10.00. The fourth-order valence-electron chi connectivity index (χ4n) is 3.89. The molecule has 2 heterocycles. The second-order valence-corrected chi connectivity index (χ2v) is 8.49. The monoisotopic (exact) mass is 510 g/mol. The Bertz CT molecular complexity index is 1660. The minimum Gasteiger partial charge on any atom is -0.496 e. The molecule has 0 saturated carbocycles. The standard InChI is InChI=1S/C25H17ClF2N4O4/c1-12(2)13-7-8-18(14(9-13)11-29)31-24-15(21(26)23(25(31)33)32(34)35)10-17(28)22(30-24)20-16(27)5-4-6-19(20)36-3/h4-10,12H,1-3H3. The maximum absolute atomic E-state index is 15.3. The highest BCUT2D eigenvalue weighted by Crippen LogP contribution is 2.37. The Morgan fingerprint density at radius 3 is 2.53 bits per heavy atom. The molecule has 0 atom stereocenters. The average molecular weight is 511 g/mol. The van der Waals surface area contributed by atoms with Crippen LogP contribution in [0, 0.1) is 33.1 Å². The molecular weight excluding hydrogens is 494 g/mol. The Kier molecular flexibility index (Phi) is 6.43. The molecule has 4 aromatic rings. The summed E-state index contributed by atoms with van der Waals surface area (Å²) in [6, 6.07) is 11.3. The zero-order valence-corrected chi connectivity index (χ0v) is 19.9. The molecule has 0 N–H and O–H groups in total. The van der Waals surface area contributed by atoms with Crippen molar-refractivity contribution in [3.63, 3.8) is 0 Å². The zero-order valence-electron chi connectivity index (χ0n) is 19.2. The van der Waals surface area contributed by atoms with E-state index in [9.17, 15) is 24.6 Å². The number of nitrogens with zero attached hydrogens (tertiary/aromatic N) is 4. The van der Waals surface area contributed by atoms with Crippen molar-refractivity contribution < 1.29 is 18.4 Å². The molecule has 11 heteroatoms. The van der Waals surface area contributed by atoms with Crippen LogP contribution in [-0.4, -0.2) is 21.6 Å². The summed E-state index contributed by atoms with van der Waals surface area (Å²) in [7, 11) is 1.27. The number of methoxy groups -OCH3 is 1. The summed E-state index contributed by atoms with van der Waals surface area (Å²) in [4.78, 5) is 28.3. The van der Waals surface area contributed by atoms with Gasteiger partial charge in [-0.25, -0.2) is 13.8 Å². The SMILES string of the molecule is COc1cccc(F)c1-c1nc2c(cc1F)c(Cl)c([N+](=O)[O-])c(=O)n2-c1ccc(C(C)C)cc1C#N. The van der Waals surface area contributed by atoms with Gasteiger partial charge < -0.3 is 4.74 Å². The summed E-state index contributed by atoms with van der Waals surface area (Å²) in [5.74, 6) is -1.88. The van der Waals surface area contributed by atoms with Gasteiger partial charge in [0.2, 0.25) is 0 Å². The Morgan fingerprint density at radius 1 is 1.19 bits per heavy atom. The van der Waals surface area contributed by atoms with Crippen molar-refractivity contribution in [1.82, 2.24) is 9.55 Å². The van der Waals surface area contributed by atoms with E-state index >= 15 is 4.39 Å².